The molecule has 0 saturated carbocycles. The van der Waals surface area contributed by atoms with E-state index in [0.717, 1.165) is 44.7 Å². The molecule has 6 heteroatoms. The lowest BCUT2D eigenvalue weighted by Crippen LogP contribution is -2.31. The smallest absolute Gasteiger partial charge is 0.341 e. The van der Waals surface area contributed by atoms with E-state index >= 15 is 0 Å². The monoisotopic (exact) mass is 231 g/mol. The lowest BCUT2D eigenvalue weighted by atomic mass is 10.1. The molecule has 0 atom stereocenters. The molecule has 0 unspecified atom stereocenters. The normalized spacial score (nSPS) is 17.6. The number of nitrogens with zero attached hydrogens (tertiary/aromatic N) is 3. The highest BCUT2D eigenvalue weighted by Gasteiger charge is 2.31. The van der Waals surface area contributed by atoms with Gasteiger partial charge in [-0.2, -0.15) is 13.2 Å². The van der Waals surface area contributed by atoms with Gasteiger partial charge >= 0.3 is 6.18 Å². The number of halogens is 3. The third-order valence-corrected chi connectivity index (χ3v) is 2.60. The van der Waals surface area contributed by atoms with Crippen molar-refractivity contribution in [3.05, 3.63) is 18.0 Å². The third-order valence-electron chi connectivity index (χ3n) is 2.60. The van der Waals surface area contributed by atoms with E-state index in [9.17, 15) is 13.2 Å². The summed E-state index contributed by atoms with van der Waals surface area (Å²) in [6.45, 7) is 1.65. The van der Waals surface area contributed by atoms with Crippen LogP contribution in [-0.2, 0) is 6.18 Å². The SMILES string of the molecule is FC(F)(F)c1cnc(N2CCCCC2)nc1. The minimum Gasteiger partial charge on any atom is -0.341 e. The predicted octanol–water partition coefficient (Wildman–Crippen LogP) is 2.49. The Bertz CT molecular complexity index is 341. The molecule has 16 heavy (non-hydrogen) atoms. The molecule has 0 N–H and O–H groups in total. The molecule has 0 spiro atoms. The van der Waals surface area contributed by atoms with E-state index in [1.54, 1.807) is 0 Å². The fraction of sp³-hybridized carbons (Fsp3) is 0.600. The van der Waals surface area contributed by atoms with Crippen molar-refractivity contribution in [2.75, 3.05) is 18.0 Å². The van der Waals surface area contributed by atoms with Gasteiger partial charge in [-0.05, 0) is 19.3 Å². The van der Waals surface area contributed by atoms with Gasteiger partial charge in [-0.25, -0.2) is 9.97 Å². The van der Waals surface area contributed by atoms with Crippen molar-refractivity contribution in [1.29, 1.82) is 0 Å². The summed E-state index contributed by atoms with van der Waals surface area (Å²) in [5.41, 5.74) is -0.798. The van der Waals surface area contributed by atoms with Gasteiger partial charge in [0.25, 0.3) is 0 Å². The van der Waals surface area contributed by atoms with Gasteiger partial charge < -0.3 is 4.90 Å². The lowest BCUT2D eigenvalue weighted by molar-refractivity contribution is -0.138. The van der Waals surface area contributed by atoms with Crippen molar-refractivity contribution in [1.82, 2.24) is 9.97 Å². The maximum Gasteiger partial charge on any atom is 0.419 e. The largest absolute Gasteiger partial charge is 0.419 e. The molecule has 2 rings (SSSR count). The Hall–Kier alpha value is -1.33. The van der Waals surface area contributed by atoms with Crippen LogP contribution in [0.4, 0.5) is 19.1 Å². The van der Waals surface area contributed by atoms with E-state index in [-0.39, 0.29) is 0 Å². The second-order valence-electron chi connectivity index (χ2n) is 3.82. The number of anilines is 1. The maximum atomic E-state index is 12.3. The van der Waals surface area contributed by atoms with E-state index in [1.807, 2.05) is 4.90 Å². The van der Waals surface area contributed by atoms with Gasteiger partial charge in [-0.3, -0.25) is 0 Å². The fourth-order valence-corrected chi connectivity index (χ4v) is 1.72. The first-order chi connectivity index (χ1) is 7.57. The third kappa shape index (κ3) is 2.43. The molecular formula is C10H12F3N3. The zero-order chi connectivity index (χ0) is 11.6. The summed E-state index contributed by atoms with van der Waals surface area (Å²) in [5.74, 6) is 0.396. The first-order valence-corrected chi connectivity index (χ1v) is 5.21. The van der Waals surface area contributed by atoms with E-state index in [1.165, 1.54) is 0 Å². The van der Waals surface area contributed by atoms with Gasteiger partial charge in [0.2, 0.25) is 5.95 Å². The minimum absolute atomic E-state index is 0.396. The van der Waals surface area contributed by atoms with Crippen LogP contribution in [-0.4, -0.2) is 23.1 Å². The molecule has 0 amide bonds. The van der Waals surface area contributed by atoms with Crippen LogP contribution in [0.15, 0.2) is 12.4 Å². The molecule has 0 radical (unpaired) electrons. The van der Waals surface area contributed by atoms with E-state index in [2.05, 4.69) is 9.97 Å². The second-order valence-corrected chi connectivity index (χ2v) is 3.82. The molecule has 1 fully saturated rings. The number of hydrogen-bond donors (Lipinski definition) is 0. The van der Waals surface area contributed by atoms with Gasteiger partial charge in [0.05, 0.1) is 5.56 Å². The number of aromatic nitrogens is 2. The van der Waals surface area contributed by atoms with Crippen molar-refractivity contribution < 1.29 is 13.2 Å². The Morgan fingerprint density at radius 3 is 2.06 bits per heavy atom. The summed E-state index contributed by atoms with van der Waals surface area (Å²) in [6, 6.07) is 0. The van der Waals surface area contributed by atoms with Gasteiger partial charge in [0.1, 0.15) is 0 Å². The average Bonchev–Trinajstić information content (AvgIpc) is 2.29. The molecule has 1 aliphatic rings. The molecule has 1 aromatic rings. The Kier molecular flexibility index (Phi) is 2.98. The van der Waals surface area contributed by atoms with Crippen molar-refractivity contribution in [2.45, 2.75) is 25.4 Å². The standard InChI is InChI=1S/C10H12F3N3/c11-10(12,13)8-6-14-9(15-7-8)16-4-2-1-3-5-16/h6-7H,1-5H2. The zero-order valence-corrected chi connectivity index (χ0v) is 8.67. The highest BCUT2D eigenvalue weighted by molar-refractivity contribution is 5.30. The minimum atomic E-state index is -4.36. The number of rotatable bonds is 1. The van der Waals surface area contributed by atoms with E-state index in [0.29, 0.717) is 5.95 Å². The van der Waals surface area contributed by atoms with Crippen LogP contribution >= 0.6 is 0 Å². The van der Waals surface area contributed by atoms with Crippen LogP contribution in [0.3, 0.4) is 0 Å². The number of alkyl halides is 3. The van der Waals surface area contributed by atoms with Crippen molar-refractivity contribution in [3.63, 3.8) is 0 Å². The molecule has 0 aromatic carbocycles. The van der Waals surface area contributed by atoms with Crippen LogP contribution in [0.2, 0.25) is 0 Å². The Morgan fingerprint density at radius 2 is 1.56 bits per heavy atom. The fourth-order valence-electron chi connectivity index (χ4n) is 1.72. The van der Waals surface area contributed by atoms with Crippen molar-refractivity contribution in [3.8, 4) is 0 Å². The lowest BCUT2D eigenvalue weighted by Gasteiger charge is -2.26. The summed E-state index contributed by atoms with van der Waals surface area (Å²) in [5, 5.41) is 0. The molecular weight excluding hydrogens is 219 g/mol. The first kappa shape index (κ1) is 11.2. The van der Waals surface area contributed by atoms with Crippen LogP contribution in [0, 0.1) is 0 Å². The predicted molar refractivity (Wildman–Crippen MR) is 53.1 cm³/mol. The van der Waals surface area contributed by atoms with Crippen LogP contribution in [0.5, 0.6) is 0 Å². The van der Waals surface area contributed by atoms with Crippen LogP contribution in [0.25, 0.3) is 0 Å². The Balaban J connectivity index is 2.12. The van der Waals surface area contributed by atoms with E-state index < -0.39 is 11.7 Å². The molecule has 0 aliphatic carbocycles. The van der Waals surface area contributed by atoms with Crippen LogP contribution in [0.1, 0.15) is 24.8 Å². The molecule has 0 bridgehead atoms. The summed E-state index contributed by atoms with van der Waals surface area (Å²) in [6.07, 6.45) is 0.584. The molecule has 88 valence electrons. The van der Waals surface area contributed by atoms with Crippen molar-refractivity contribution >= 4 is 5.95 Å². The molecule has 1 aliphatic heterocycles. The van der Waals surface area contributed by atoms with Crippen LogP contribution < -0.4 is 4.90 Å². The number of hydrogen-bond acceptors (Lipinski definition) is 3. The van der Waals surface area contributed by atoms with Gasteiger partial charge in [0, 0.05) is 25.5 Å². The molecule has 3 nitrogen and oxygen atoms in total. The maximum absolute atomic E-state index is 12.3. The first-order valence-electron chi connectivity index (χ1n) is 5.21. The molecule has 1 saturated heterocycles. The topological polar surface area (TPSA) is 29.0 Å². The van der Waals surface area contributed by atoms with Crippen molar-refractivity contribution in [2.24, 2.45) is 0 Å². The van der Waals surface area contributed by atoms with Gasteiger partial charge in [0.15, 0.2) is 0 Å². The molecule has 2 heterocycles. The summed E-state index contributed by atoms with van der Waals surface area (Å²) < 4.78 is 36.8. The molecule has 1 aromatic heterocycles. The highest BCUT2D eigenvalue weighted by Crippen LogP contribution is 2.28. The highest BCUT2D eigenvalue weighted by atomic mass is 19.4. The average molecular weight is 231 g/mol. The Morgan fingerprint density at radius 1 is 1.00 bits per heavy atom. The zero-order valence-electron chi connectivity index (χ0n) is 8.67. The number of piperidine rings is 1. The summed E-state index contributed by atoms with van der Waals surface area (Å²) >= 11 is 0. The van der Waals surface area contributed by atoms with E-state index in [4.69, 9.17) is 0 Å². The van der Waals surface area contributed by atoms with Gasteiger partial charge in [-0.15, -0.1) is 0 Å². The second kappa shape index (κ2) is 4.27. The Labute approximate surface area is 91.3 Å². The summed E-state index contributed by atoms with van der Waals surface area (Å²) in [4.78, 5) is 9.45. The summed E-state index contributed by atoms with van der Waals surface area (Å²) in [7, 11) is 0. The van der Waals surface area contributed by atoms with Gasteiger partial charge in [-0.1, -0.05) is 0 Å². The quantitative estimate of drug-likeness (QED) is 0.743.